The average molecular weight is 379 g/mol. The molecule has 5 nitrogen and oxygen atoms in total. The van der Waals surface area contributed by atoms with Gasteiger partial charge in [-0.25, -0.2) is 0 Å². The van der Waals surface area contributed by atoms with Gasteiger partial charge in [0.05, 0.1) is 17.7 Å². The maximum absolute atomic E-state index is 11.9. The molecule has 0 atom stereocenters. The van der Waals surface area contributed by atoms with E-state index in [0.717, 1.165) is 50.4 Å². The Morgan fingerprint density at radius 1 is 1.18 bits per heavy atom. The van der Waals surface area contributed by atoms with Crippen molar-refractivity contribution >= 4 is 5.91 Å². The summed E-state index contributed by atoms with van der Waals surface area (Å²) in [5.74, 6) is 0.861. The zero-order chi connectivity index (χ0) is 19.8. The predicted octanol–water partition coefficient (Wildman–Crippen LogP) is 3.68. The van der Waals surface area contributed by atoms with Gasteiger partial charge in [-0.2, -0.15) is 10.5 Å². The van der Waals surface area contributed by atoms with Crippen LogP contribution in [0.3, 0.4) is 0 Å². The van der Waals surface area contributed by atoms with Gasteiger partial charge in [0.2, 0.25) is 5.91 Å². The summed E-state index contributed by atoms with van der Waals surface area (Å²) in [5, 5.41) is 20.7. The highest BCUT2D eigenvalue weighted by Gasteiger charge is 2.23. The summed E-state index contributed by atoms with van der Waals surface area (Å²) in [4.78, 5) is 14.4. The molecule has 0 saturated heterocycles. The van der Waals surface area contributed by atoms with Crippen molar-refractivity contribution in [3.05, 3.63) is 34.9 Å². The smallest absolute Gasteiger partial charge is 0.220 e. The van der Waals surface area contributed by atoms with E-state index in [4.69, 9.17) is 10.5 Å². The molecule has 1 fully saturated rings. The monoisotopic (exact) mass is 378 g/mol. The highest BCUT2D eigenvalue weighted by atomic mass is 16.1. The third-order valence-corrected chi connectivity index (χ3v) is 6.18. The first-order chi connectivity index (χ1) is 13.7. The molecule has 5 heteroatoms. The van der Waals surface area contributed by atoms with Crippen LogP contribution in [0.15, 0.2) is 18.2 Å². The average Bonchev–Trinajstić information content (AvgIpc) is 2.73. The third kappa shape index (κ3) is 5.81. The van der Waals surface area contributed by atoms with Gasteiger partial charge in [0, 0.05) is 32.0 Å². The fraction of sp³-hybridized carbons (Fsp3) is 0.609. The highest BCUT2D eigenvalue weighted by molar-refractivity contribution is 5.76. The molecule has 148 valence electrons. The Balaban J connectivity index is 1.35. The minimum absolute atomic E-state index is 0.102. The van der Waals surface area contributed by atoms with Gasteiger partial charge in [-0.1, -0.05) is 6.07 Å². The summed E-state index contributed by atoms with van der Waals surface area (Å²) in [7, 11) is 0. The molecule has 2 aliphatic rings. The molecule has 1 aromatic rings. The maximum atomic E-state index is 11.9. The summed E-state index contributed by atoms with van der Waals surface area (Å²) >= 11 is 0. The first-order valence-corrected chi connectivity index (χ1v) is 10.6. The van der Waals surface area contributed by atoms with Crippen LogP contribution in [0.25, 0.3) is 0 Å². The second-order valence-corrected chi connectivity index (χ2v) is 8.21. The molecule has 1 N–H and O–H groups in total. The third-order valence-electron chi connectivity index (χ3n) is 6.18. The standard InChI is InChI=1S/C23H30N4O/c24-12-2-1-3-23(28)26-22-8-5-18(6-9-22)10-13-27-14-11-20-15-19(16-25)4-7-21(20)17-27/h4,7,15,18,22H,1-3,5-6,8-11,13-14,17H2,(H,26,28)/t18-,22-. The first kappa shape index (κ1) is 20.4. The number of unbranched alkanes of at least 4 members (excludes halogenated alkanes) is 1. The van der Waals surface area contributed by atoms with Gasteiger partial charge >= 0.3 is 0 Å². The number of carbonyl (C=O) groups is 1. The largest absolute Gasteiger partial charge is 0.353 e. The number of nitriles is 2. The predicted molar refractivity (Wildman–Crippen MR) is 108 cm³/mol. The van der Waals surface area contributed by atoms with Crippen molar-refractivity contribution in [3.8, 4) is 12.1 Å². The van der Waals surface area contributed by atoms with E-state index in [9.17, 15) is 4.79 Å². The fourth-order valence-corrected chi connectivity index (χ4v) is 4.46. The molecule has 0 bridgehead atoms. The number of hydrogen-bond acceptors (Lipinski definition) is 4. The zero-order valence-corrected chi connectivity index (χ0v) is 16.6. The molecule has 1 saturated carbocycles. The Labute approximate surface area is 168 Å². The first-order valence-electron chi connectivity index (χ1n) is 10.6. The van der Waals surface area contributed by atoms with Crippen molar-refractivity contribution in [3.63, 3.8) is 0 Å². The highest BCUT2D eigenvalue weighted by Crippen LogP contribution is 2.28. The molecule has 1 heterocycles. The lowest BCUT2D eigenvalue weighted by molar-refractivity contribution is -0.122. The van der Waals surface area contributed by atoms with E-state index in [1.54, 1.807) is 0 Å². The number of nitrogens with zero attached hydrogens (tertiary/aromatic N) is 3. The number of rotatable bonds is 7. The van der Waals surface area contributed by atoms with Crippen LogP contribution in [0.5, 0.6) is 0 Å². The van der Waals surface area contributed by atoms with Gasteiger partial charge in [0.15, 0.2) is 0 Å². The lowest BCUT2D eigenvalue weighted by Gasteiger charge is -2.33. The number of hydrogen-bond donors (Lipinski definition) is 1. The summed E-state index contributed by atoms with van der Waals surface area (Å²) in [6, 6.07) is 10.7. The number of amides is 1. The number of benzene rings is 1. The Morgan fingerprint density at radius 3 is 2.75 bits per heavy atom. The number of fused-ring (bicyclic) bond motifs is 1. The maximum Gasteiger partial charge on any atom is 0.220 e. The molecule has 0 radical (unpaired) electrons. The topological polar surface area (TPSA) is 79.9 Å². The quantitative estimate of drug-likeness (QED) is 0.734. The van der Waals surface area contributed by atoms with Crippen LogP contribution in [0, 0.1) is 28.6 Å². The Kier molecular flexibility index (Phi) is 7.46. The normalized spacial score (nSPS) is 21.9. The van der Waals surface area contributed by atoms with E-state index in [2.05, 4.69) is 28.4 Å². The van der Waals surface area contributed by atoms with Gasteiger partial charge in [-0.3, -0.25) is 9.69 Å². The molecular weight excluding hydrogens is 348 g/mol. The van der Waals surface area contributed by atoms with Crippen LogP contribution >= 0.6 is 0 Å². The minimum atomic E-state index is 0.102. The molecule has 28 heavy (non-hydrogen) atoms. The van der Waals surface area contributed by atoms with Gasteiger partial charge in [-0.05, 0) is 80.7 Å². The van der Waals surface area contributed by atoms with Crippen LogP contribution in [0.1, 0.15) is 68.1 Å². The van der Waals surface area contributed by atoms with Crippen molar-refractivity contribution in [2.45, 2.75) is 70.4 Å². The van der Waals surface area contributed by atoms with Crippen LogP contribution in [-0.2, 0) is 17.8 Å². The summed E-state index contributed by atoms with van der Waals surface area (Å²) in [6.45, 7) is 3.21. The number of carbonyl (C=O) groups excluding carboxylic acids is 1. The molecular formula is C23H30N4O. The molecule has 0 aromatic heterocycles. The van der Waals surface area contributed by atoms with Crippen LogP contribution in [0.2, 0.25) is 0 Å². The minimum Gasteiger partial charge on any atom is -0.353 e. The van der Waals surface area contributed by atoms with Crippen molar-refractivity contribution in [1.82, 2.24) is 10.2 Å². The second-order valence-electron chi connectivity index (χ2n) is 8.21. The van der Waals surface area contributed by atoms with E-state index in [1.165, 1.54) is 30.4 Å². The van der Waals surface area contributed by atoms with Gasteiger partial charge in [0.1, 0.15) is 0 Å². The zero-order valence-electron chi connectivity index (χ0n) is 16.6. The fourth-order valence-electron chi connectivity index (χ4n) is 4.46. The number of nitrogens with one attached hydrogen (secondary N) is 1. The summed E-state index contributed by atoms with van der Waals surface area (Å²) in [6.07, 6.45) is 8.40. The van der Waals surface area contributed by atoms with Gasteiger partial charge in [0.25, 0.3) is 0 Å². The molecule has 1 aliphatic carbocycles. The Bertz CT molecular complexity index is 753. The van der Waals surface area contributed by atoms with E-state index in [1.807, 2.05) is 12.1 Å². The van der Waals surface area contributed by atoms with Crippen LogP contribution in [-0.4, -0.2) is 29.9 Å². The molecule has 3 rings (SSSR count). The molecule has 1 aromatic carbocycles. The van der Waals surface area contributed by atoms with Crippen LogP contribution in [0.4, 0.5) is 0 Å². The molecule has 1 aliphatic heterocycles. The van der Waals surface area contributed by atoms with E-state index in [-0.39, 0.29) is 5.91 Å². The summed E-state index contributed by atoms with van der Waals surface area (Å²) < 4.78 is 0. The van der Waals surface area contributed by atoms with Crippen molar-refractivity contribution in [1.29, 1.82) is 10.5 Å². The lowest BCUT2D eigenvalue weighted by atomic mass is 9.83. The Hall–Kier alpha value is -2.37. The van der Waals surface area contributed by atoms with E-state index < -0.39 is 0 Å². The summed E-state index contributed by atoms with van der Waals surface area (Å²) in [5.41, 5.74) is 3.47. The van der Waals surface area contributed by atoms with E-state index in [0.29, 0.717) is 25.3 Å². The van der Waals surface area contributed by atoms with Crippen molar-refractivity contribution in [2.24, 2.45) is 5.92 Å². The molecule has 0 spiro atoms. The van der Waals surface area contributed by atoms with Crippen LogP contribution < -0.4 is 5.32 Å². The lowest BCUT2D eigenvalue weighted by Crippen LogP contribution is -2.38. The van der Waals surface area contributed by atoms with Gasteiger partial charge in [-0.15, -0.1) is 0 Å². The van der Waals surface area contributed by atoms with Gasteiger partial charge < -0.3 is 5.32 Å². The van der Waals surface area contributed by atoms with Crippen molar-refractivity contribution in [2.75, 3.05) is 13.1 Å². The SMILES string of the molecule is N#CCCCC(=O)N[C@H]1CC[C@H](CCN2CCc3cc(C#N)ccc3C2)CC1. The molecule has 1 amide bonds. The van der Waals surface area contributed by atoms with E-state index >= 15 is 0 Å². The second kappa shape index (κ2) is 10.2. The van der Waals surface area contributed by atoms with Crippen molar-refractivity contribution < 1.29 is 4.79 Å². The Morgan fingerprint density at radius 2 is 2.00 bits per heavy atom. The molecule has 0 unspecified atom stereocenters.